The van der Waals surface area contributed by atoms with Crippen LogP contribution in [0.2, 0.25) is 0 Å². The maximum absolute atomic E-state index is 13.1. The van der Waals surface area contributed by atoms with Crippen LogP contribution in [0.15, 0.2) is 158 Å². The van der Waals surface area contributed by atoms with Gasteiger partial charge in [0.15, 0.2) is 12.2 Å². The summed E-state index contributed by atoms with van der Waals surface area (Å²) in [6, 6.07) is 0. The van der Waals surface area contributed by atoms with E-state index in [1.807, 2.05) is 30.4 Å². The van der Waals surface area contributed by atoms with Gasteiger partial charge in [-0.3, -0.25) is 37.3 Å². The summed E-state index contributed by atoms with van der Waals surface area (Å²) in [5, 5.41) is 10.6. The molecule has 0 radical (unpaired) electrons. The molecule has 0 fully saturated rings. The van der Waals surface area contributed by atoms with Gasteiger partial charge in [0.25, 0.3) is 0 Å². The van der Waals surface area contributed by atoms with Gasteiger partial charge in [-0.15, -0.1) is 0 Å². The highest BCUT2D eigenvalue weighted by Crippen LogP contribution is 2.45. The topological polar surface area (TPSA) is 237 Å². The standard InChI is InChI=1S/C81H132O17P2/c1-5-9-13-17-21-25-29-33-36-37-40-43-46-50-54-58-62-66-79(84)92-72-77(98-81(86)68-64-60-56-52-48-44-39-35-31-27-23-19-15-11-7-3)74-96-100(89,90)94-70-75(82)69-93-99(87,88)95-73-76(97-80(85)67-63-59-55-51-47-41-32-28-24-20-16-12-8-4)71-91-78(83)65-61-57-53-49-45-42-38-34-30-26-22-18-14-10-6-2/h9-10,13-14,16,20-22,25-26,28,32-36,38-40,43,45,49-50,54,57,61,75-77,82H,5-8,11-12,15,17-19,23-24,27,29-31,37,41-42,44,46-48,51-53,55-56,58-60,62-74H2,1-4H3,(H,87,88)(H,89,90)/b13-9-,14-10-,20-16-,25-21-,26-22-,32-28-,36-33-,38-34-,39-35-,43-40-,49-45-,54-50-,61-57-. The zero-order valence-electron chi connectivity index (χ0n) is 61.8. The molecule has 568 valence electrons. The molecule has 0 saturated carbocycles. The van der Waals surface area contributed by atoms with Crippen LogP contribution in [0.5, 0.6) is 0 Å². The van der Waals surface area contributed by atoms with E-state index in [1.165, 1.54) is 38.5 Å². The van der Waals surface area contributed by atoms with E-state index in [0.717, 1.165) is 148 Å². The number of unbranched alkanes of at least 4 members (excludes halogenated alkanes) is 18. The second kappa shape index (κ2) is 72.0. The Labute approximate surface area is 604 Å². The Balaban J connectivity index is 5.49. The lowest BCUT2D eigenvalue weighted by atomic mass is 10.1. The van der Waals surface area contributed by atoms with Gasteiger partial charge in [-0.05, 0) is 141 Å². The molecular weight excluding hydrogens is 1310 g/mol. The number of rotatable bonds is 69. The van der Waals surface area contributed by atoms with E-state index >= 15 is 0 Å². The zero-order valence-corrected chi connectivity index (χ0v) is 63.6. The Bertz CT molecular complexity index is 2520. The lowest BCUT2D eigenvalue weighted by Gasteiger charge is -2.21. The van der Waals surface area contributed by atoms with E-state index in [1.54, 1.807) is 6.08 Å². The van der Waals surface area contributed by atoms with Crippen molar-refractivity contribution in [3.05, 3.63) is 158 Å². The highest BCUT2D eigenvalue weighted by molar-refractivity contribution is 7.47. The van der Waals surface area contributed by atoms with Crippen molar-refractivity contribution in [1.29, 1.82) is 0 Å². The van der Waals surface area contributed by atoms with E-state index < -0.39 is 97.5 Å². The van der Waals surface area contributed by atoms with Crippen LogP contribution < -0.4 is 0 Å². The number of allylic oxidation sites excluding steroid dienone is 25. The number of phosphoric ester groups is 2. The molecule has 0 aromatic carbocycles. The van der Waals surface area contributed by atoms with Gasteiger partial charge >= 0.3 is 39.5 Å². The van der Waals surface area contributed by atoms with E-state index in [2.05, 4.69) is 149 Å². The molecule has 17 nitrogen and oxygen atoms in total. The van der Waals surface area contributed by atoms with Crippen molar-refractivity contribution in [3.63, 3.8) is 0 Å². The van der Waals surface area contributed by atoms with Crippen LogP contribution >= 0.6 is 15.6 Å². The molecule has 3 N–H and O–H groups in total. The summed E-state index contributed by atoms with van der Waals surface area (Å²) in [5.74, 6) is -2.43. The third-order valence-corrected chi connectivity index (χ3v) is 16.9. The molecule has 0 heterocycles. The molecule has 100 heavy (non-hydrogen) atoms. The van der Waals surface area contributed by atoms with Gasteiger partial charge in [0, 0.05) is 19.3 Å². The van der Waals surface area contributed by atoms with Gasteiger partial charge in [-0.2, -0.15) is 0 Å². The van der Waals surface area contributed by atoms with Crippen molar-refractivity contribution in [2.75, 3.05) is 39.6 Å². The van der Waals surface area contributed by atoms with Crippen molar-refractivity contribution < 1.29 is 80.2 Å². The van der Waals surface area contributed by atoms with Crippen LogP contribution in [0.1, 0.15) is 272 Å². The minimum Gasteiger partial charge on any atom is -0.462 e. The van der Waals surface area contributed by atoms with Crippen molar-refractivity contribution in [3.8, 4) is 0 Å². The molecule has 19 heteroatoms. The number of hydrogen-bond donors (Lipinski definition) is 3. The quantitative estimate of drug-likeness (QED) is 0.0169. The van der Waals surface area contributed by atoms with Crippen LogP contribution in [-0.2, 0) is 65.4 Å². The smallest absolute Gasteiger partial charge is 0.462 e. The normalized spacial score (nSPS) is 14.8. The number of carbonyl (C=O) groups excluding carboxylic acids is 4. The molecule has 5 unspecified atom stereocenters. The Morgan fingerprint density at radius 3 is 0.970 bits per heavy atom. The molecule has 0 spiro atoms. The van der Waals surface area contributed by atoms with Crippen LogP contribution in [-0.4, -0.2) is 96.7 Å². The van der Waals surface area contributed by atoms with Gasteiger partial charge in [0.2, 0.25) is 0 Å². The second-order valence-corrected chi connectivity index (χ2v) is 27.4. The van der Waals surface area contributed by atoms with E-state index in [-0.39, 0.29) is 25.7 Å². The van der Waals surface area contributed by atoms with Gasteiger partial charge < -0.3 is 33.8 Å². The molecule has 0 rings (SSSR count). The fourth-order valence-corrected chi connectivity index (χ4v) is 10.9. The fourth-order valence-electron chi connectivity index (χ4n) is 9.30. The molecule has 0 bridgehead atoms. The van der Waals surface area contributed by atoms with Crippen LogP contribution in [0, 0.1) is 0 Å². The first-order chi connectivity index (χ1) is 48.7. The first-order valence-electron chi connectivity index (χ1n) is 37.7. The monoisotopic (exact) mass is 1440 g/mol. The number of aliphatic hydroxyl groups excluding tert-OH is 1. The second-order valence-electron chi connectivity index (χ2n) is 24.5. The SMILES string of the molecule is CC/C=C\C/C=C\C/C=C\C/C=C\C/C=C\CCCC(=O)OCC(COP(=O)(O)OCC(O)COP(=O)(O)OCC(COC(=O)C/C=C\C/C=C\C/C=C\C/C=C\C/C=C\CC)OC(=O)CCCCCCC/C=C\C/C=C\CCC)OC(=O)CCCCCCC/C=C\CCCCCCCC. The maximum atomic E-state index is 13.1. The number of aliphatic hydroxyl groups is 1. The predicted molar refractivity (Wildman–Crippen MR) is 408 cm³/mol. The first kappa shape index (κ1) is 94.7. The minimum absolute atomic E-state index is 0.0528. The molecule has 0 saturated heterocycles. The highest BCUT2D eigenvalue weighted by atomic mass is 31.2. The summed E-state index contributed by atoms with van der Waals surface area (Å²) in [6.07, 6.45) is 82.8. The van der Waals surface area contributed by atoms with E-state index in [9.17, 15) is 43.2 Å². The fraction of sp³-hybridized carbons (Fsp3) is 0.630. The molecular formula is C81H132O17P2. The molecule has 0 aliphatic rings. The van der Waals surface area contributed by atoms with Gasteiger partial charge in [0.05, 0.1) is 32.8 Å². The average molecular weight is 1440 g/mol. The minimum atomic E-state index is -5.01. The molecule has 0 amide bonds. The molecule has 0 aliphatic heterocycles. The summed E-state index contributed by atoms with van der Waals surface area (Å²) in [4.78, 5) is 72.7. The van der Waals surface area contributed by atoms with Crippen molar-refractivity contribution >= 4 is 39.5 Å². The Hall–Kier alpha value is -5.32. The van der Waals surface area contributed by atoms with Crippen LogP contribution in [0.3, 0.4) is 0 Å². The third kappa shape index (κ3) is 71.1. The predicted octanol–water partition coefficient (Wildman–Crippen LogP) is 21.7. The van der Waals surface area contributed by atoms with E-state index in [4.69, 9.17) is 37.0 Å². The Kier molecular flexibility index (Phi) is 68.2. The van der Waals surface area contributed by atoms with Gasteiger partial charge in [0.1, 0.15) is 19.3 Å². The molecule has 0 aliphatic carbocycles. The highest BCUT2D eigenvalue weighted by Gasteiger charge is 2.30. The summed E-state index contributed by atoms with van der Waals surface area (Å²) in [6.45, 7) is 4.34. The zero-order chi connectivity index (χ0) is 73.2. The van der Waals surface area contributed by atoms with Crippen LogP contribution in [0.4, 0.5) is 0 Å². The summed E-state index contributed by atoms with van der Waals surface area (Å²) < 4.78 is 68.2. The largest absolute Gasteiger partial charge is 0.472 e. The lowest BCUT2D eigenvalue weighted by Crippen LogP contribution is -2.30. The number of carbonyl (C=O) groups is 4. The number of phosphoric acid groups is 2. The number of hydrogen-bond acceptors (Lipinski definition) is 15. The number of esters is 4. The first-order valence-corrected chi connectivity index (χ1v) is 40.7. The molecule has 5 atom stereocenters. The maximum Gasteiger partial charge on any atom is 0.472 e. The molecule has 0 aromatic rings. The molecule has 0 aromatic heterocycles. The van der Waals surface area contributed by atoms with Crippen molar-refractivity contribution in [2.45, 2.75) is 290 Å². The summed E-state index contributed by atoms with van der Waals surface area (Å²) in [7, 11) is -10.0. The Morgan fingerprint density at radius 1 is 0.300 bits per heavy atom. The van der Waals surface area contributed by atoms with Gasteiger partial charge in [-0.1, -0.05) is 263 Å². The lowest BCUT2D eigenvalue weighted by molar-refractivity contribution is -0.161. The van der Waals surface area contributed by atoms with Gasteiger partial charge in [-0.25, -0.2) is 9.13 Å². The van der Waals surface area contributed by atoms with Crippen molar-refractivity contribution in [1.82, 2.24) is 0 Å². The summed E-state index contributed by atoms with van der Waals surface area (Å²) in [5.41, 5.74) is 0. The van der Waals surface area contributed by atoms with Crippen LogP contribution in [0.25, 0.3) is 0 Å². The third-order valence-electron chi connectivity index (χ3n) is 15.0. The Morgan fingerprint density at radius 2 is 0.590 bits per heavy atom. The van der Waals surface area contributed by atoms with E-state index in [0.29, 0.717) is 32.1 Å². The summed E-state index contributed by atoms with van der Waals surface area (Å²) >= 11 is 0. The van der Waals surface area contributed by atoms with Crippen molar-refractivity contribution in [2.24, 2.45) is 0 Å². The average Bonchev–Trinajstić information content (AvgIpc) is 1.06. The number of ether oxygens (including phenoxy) is 4.